The molecule has 0 spiro atoms. The fourth-order valence-corrected chi connectivity index (χ4v) is 2.90. The van der Waals surface area contributed by atoms with E-state index < -0.39 is 0 Å². The van der Waals surface area contributed by atoms with Gasteiger partial charge in [-0.1, -0.05) is 26.3 Å². The Morgan fingerprint density at radius 2 is 2.11 bits per heavy atom. The lowest BCUT2D eigenvalue weighted by Gasteiger charge is -2.24. The van der Waals surface area contributed by atoms with Crippen molar-refractivity contribution in [1.82, 2.24) is 10.3 Å². The van der Waals surface area contributed by atoms with E-state index in [4.69, 9.17) is 0 Å². The summed E-state index contributed by atoms with van der Waals surface area (Å²) in [4.78, 5) is 4.43. The molecule has 0 radical (unpaired) electrons. The molecule has 2 rings (SSSR count). The van der Waals surface area contributed by atoms with Crippen molar-refractivity contribution in [1.29, 1.82) is 0 Å². The first-order chi connectivity index (χ1) is 8.57. The van der Waals surface area contributed by atoms with Crippen LogP contribution in [0, 0.1) is 5.41 Å². The number of nitrogens with one attached hydrogen (secondary N) is 1. The average Bonchev–Trinajstić information content (AvgIpc) is 2.52. The molecule has 1 aliphatic rings. The van der Waals surface area contributed by atoms with E-state index in [-0.39, 0.29) is 0 Å². The predicted octanol–water partition coefficient (Wildman–Crippen LogP) is 4.09. The van der Waals surface area contributed by atoms with Crippen molar-refractivity contribution in [2.24, 2.45) is 5.41 Å². The van der Waals surface area contributed by atoms with E-state index in [0.717, 1.165) is 5.69 Å². The van der Waals surface area contributed by atoms with Gasteiger partial charge in [0.2, 0.25) is 0 Å². The third-order valence-electron chi connectivity index (χ3n) is 4.19. The third-order valence-corrected chi connectivity index (χ3v) is 4.19. The summed E-state index contributed by atoms with van der Waals surface area (Å²) in [6, 6.07) is 7.17. The van der Waals surface area contributed by atoms with E-state index in [1.54, 1.807) is 0 Å². The zero-order chi connectivity index (χ0) is 13.0. The number of rotatable bonds is 3. The minimum atomic E-state index is 0.359. The third kappa shape index (κ3) is 3.81. The second-order valence-corrected chi connectivity index (χ2v) is 6.43. The fourth-order valence-electron chi connectivity index (χ4n) is 2.90. The number of nitrogens with zero attached hydrogens (tertiary/aromatic N) is 1. The molecule has 2 nitrogen and oxygen atoms in total. The molecule has 1 saturated carbocycles. The Labute approximate surface area is 111 Å². The molecule has 1 heterocycles. The molecular formula is C16H26N2. The van der Waals surface area contributed by atoms with E-state index >= 15 is 0 Å². The van der Waals surface area contributed by atoms with E-state index in [1.165, 1.54) is 32.1 Å². The summed E-state index contributed by atoms with van der Waals surface area (Å²) >= 11 is 0. The van der Waals surface area contributed by atoms with Crippen molar-refractivity contribution in [2.75, 3.05) is 0 Å². The SMILES string of the molecule is C[C@H](NC1CCCC(C)(C)CC1)c1ccccn1. The lowest BCUT2D eigenvalue weighted by atomic mass is 9.85. The summed E-state index contributed by atoms with van der Waals surface area (Å²) in [5, 5.41) is 3.75. The van der Waals surface area contributed by atoms with Crippen molar-refractivity contribution in [3.8, 4) is 0 Å². The molecule has 2 atom stereocenters. The highest BCUT2D eigenvalue weighted by Crippen LogP contribution is 2.34. The summed E-state index contributed by atoms with van der Waals surface area (Å²) in [7, 11) is 0. The van der Waals surface area contributed by atoms with Crippen LogP contribution in [0.2, 0.25) is 0 Å². The van der Waals surface area contributed by atoms with E-state index in [0.29, 0.717) is 17.5 Å². The maximum atomic E-state index is 4.43. The van der Waals surface area contributed by atoms with Gasteiger partial charge in [0.25, 0.3) is 0 Å². The standard InChI is InChI=1S/C16H26N2/c1-13(15-8-4-5-12-17-15)18-14-7-6-10-16(2,3)11-9-14/h4-5,8,12-14,18H,6-7,9-11H2,1-3H3/t13-,14?/m0/s1. The molecule has 0 saturated heterocycles. The first-order valence-corrected chi connectivity index (χ1v) is 7.24. The minimum absolute atomic E-state index is 0.359. The number of aromatic nitrogens is 1. The van der Waals surface area contributed by atoms with Crippen LogP contribution in [0.15, 0.2) is 24.4 Å². The quantitative estimate of drug-likeness (QED) is 0.812. The molecule has 0 bridgehead atoms. The van der Waals surface area contributed by atoms with Crippen LogP contribution >= 0.6 is 0 Å². The topological polar surface area (TPSA) is 24.9 Å². The van der Waals surface area contributed by atoms with E-state index in [2.05, 4.69) is 43.2 Å². The highest BCUT2D eigenvalue weighted by molar-refractivity contribution is 5.07. The largest absolute Gasteiger partial charge is 0.306 e. The smallest absolute Gasteiger partial charge is 0.0570 e. The van der Waals surface area contributed by atoms with Crippen LogP contribution in [-0.4, -0.2) is 11.0 Å². The van der Waals surface area contributed by atoms with E-state index in [9.17, 15) is 0 Å². The monoisotopic (exact) mass is 246 g/mol. The molecule has 0 amide bonds. The molecule has 1 fully saturated rings. The van der Waals surface area contributed by atoms with Crippen LogP contribution in [0.3, 0.4) is 0 Å². The second-order valence-electron chi connectivity index (χ2n) is 6.43. The Balaban J connectivity index is 1.90. The maximum Gasteiger partial charge on any atom is 0.0570 e. The van der Waals surface area contributed by atoms with Crippen molar-refractivity contribution < 1.29 is 0 Å². The van der Waals surface area contributed by atoms with Crippen molar-refractivity contribution >= 4 is 0 Å². The van der Waals surface area contributed by atoms with Crippen LogP contribution in [-0.2, 0) is 0 Å². The first kappa shape index (κ1) is 13.5. The van der Waals surface area contributed by atoms with Crippen molar-refractivity contribution in [2.45, 2.75) is 65.0 Å². The Morgan fingerprint density at radius 3 is 2.83 bits per heavy atom. The summed E-state index contributed by atoms with van der Waals surface area (Å²) < 4.78 is 0. The normalized spacial score (nSPS) is 25.4. The lowest BCUT2D eigenvalue weighted by Crippen LogP contribution is -2.31. The maximum absolute atomic E-state index is 4.43. The molecule has 18 heavy (non-hydrogen) atoms. The first-order valence-electron chi connectivity index (χ1n) is 7.24. The predicted molar refractivity (Wildman–Crippen MR) is 76.4 cm³/mol. The number of hydrogen-bond donors (Lipinski definition) is 1. The van der Waals surface area contributed by atoms with Crippen molar-refractivity contribution in [3.63, 3.8) is 0 Å². The molecule has 1 aliphatic carbocycles. The van der Waals surface area contributed by atoms with Gasteiger partial charge >= 0.3 is 0 Å². The van der Waals surface area contributed by atoms with Crippen LogP contribution in [0.4, 0.5) is 0 Å². The number of pyridine rings is 1. The molecular weight excluding hydrogens is 220 g/mol. The van der Waals surface area contributed by atoms with Gasteiger partial charge in [0.1, 0.15) is 0 Å². The summed E-state index contributed by atoms with van der Waals surface area (Å²) in [5.74, 6) is 0. The average molecular weight is 246 g/mol. The summed E-state index contributed by atoms with van der Waals surface area (Å²) in [5.41, 5.74) is 1.69. The van der Waals surface area contributed by atoms with Crippen molar-refractivity contribution in [3.05, 3.63) is 30.1 Å². The lowest BCUT2D eigenvalue weighted by molar-refractivity contribution is 0.307. The van der Waals surface area contributed by atoms with Gasteiger partial charge in [-0.15, -0.1) is 0 Å². The molecule has 0 aromatic carbocycles. The Morgan fingerprint density at radius 1 is 1.28 bits per heavy atom. The highest BCUT2D eigenvalue weighted by atomic mass is 15.0. The molecule has 2 heteroatoms. The van der Waals surface area contributed by atoms with Gasteiger partial charge in [0, 0.05) is 18.3 Å². The number of hydrogen-bond acceptors (Lipinski definition) is 2. The summed E-state index contributed by atoms with van der Waals surface area (Å²) in [6.07, 6.45) is 8.52. The molecule has 1 aromatic rings. The van der Waals surface area contributed by atoms with Crippen LogP contribution in [0.25, 0.3) is 0 Å². The van der Waals surface area contributed by atoms with Gasteiger partial charge in [0.05, 0.1) is 5.69 Å². The molecule has 0 aliphatic heterocycles. The Kier molecular flexibility index (Phi) is 4.39. The van der Waals surface area contributed by atoms with Gasteiger partial charge < -0.3 is 5.32 Å². The highest BCUT2D eigenvalue weighted by Gasteiger charge is 2.25. The molecule has 1 unspecified atom stereocenters. The zero-order valence-electron chi connectivity index (χ0n) is 11.9. The second kappa shape index (κ2) is 5.83. The Bertz CT molecular complexity index is 359. The van der Waals surface area contributed by atoms with Crippen LogP contribution < -0.4 is 5.32 Å². The molecule has 100 valence electrons. The van der Waals surface area contributed by atoms with Gasteiger partial charge in [-0.05, 0) is 50.2 Å². The zero-order valence-corrected chi connectivity index (χ0v) is 11.9. The van der Waals surface area contributed by atoms with Crippen LogP contribution in [0.1, 0.15) is 64.6 Å². The molecule has 1 aromatic heterocycles. The molecule has 1 N–H and O–H groups in total. The minimum Gasteiger partial charge on any atom is -0.306 e. The van der Waals surface area contributed by atoms with Gasteiger partial charge in [-0.2, -0.15) is 0 Å². The van der Waals surface area contributed by atoms with Gasteiger partial charge in [0.15, 0.2) is 0 Å². The van der Waals surface area contributed by atoms with Gasteiger partial charge in [-0.3, -0.25) is 4.98 Å². The van der Waals surface area contributed by atoms with Crippen LogP contribution in [0.5, 0.6) is 0 Å². The fraction of sp³-hybridized carbons (Fsp3) is 0.688. The Hall–Kier alpha value is -0.890. The summed E-state index contributed by atoms with van der Waals surface area (Å²) in [6.45, 7) is 7.02. The van der Waals surface area contributed by atoms with E-state index in [1.807, 2.05) is 12.3 Å². The van der Waals surface area contributed by atoms with Gasteiger partial charge in [-0.25, -0.2) is 0 Å².